The zero-order valence-electron chi connectivity index (χ0n) is 15.3. The molecule has 2 aliphatic heterocycles. The summed E-state index contributed by atoms with van der Waals surface area (Å²) in [6.07, 6.45) is 2.93. The van der Waals surface area contributed by atoms with E-state index >= 15 is 0 Å². The molecule has 4 rings (SSSR count). The summed E-state index contributed by atoms with van der Waals surface area (Å²) in [6.45, 7) is 2.24. The number of thioether (sulfide) groups is 1. The van der Waals surface area contributed by atoms with E-state index in [1.54, 1.807) is 14.2 Å². The fraction of sp³-hybridized carbons (Fsp3) is 0.400. The van der Waals surface area contributed by atoms with E-state index in [2.05, 4.69) is 28.9 Å². The van der Waals surface area contributed by atoms with E-state index in [4.69, 9.17) is 14.5 Å². The summed E-state index contributed by atoms with van der Waals surface area (Å²) in [5, 5.41) is 1.12. The Balaban J connectivity index is 1.82. The minimum atomic E-state index is -0.0321. The molecule has 3 atom stereocenters. The molecule has 1 saturated heterocycles. The third-order valence-corrected chi connectivity index (χ3v) is 6.21. The molecule has 0 N–H and O–H groups in total. The molecule has 1 aromatic heterocycles. The number of rotatable bonds is 5. The molecule has 5 nitrogen and oxygen atoms in total. The highest BCUT2D eigenvalue weighted by Crippen LogP contribution is 2.50. The van der Waals surface area contributed by atoms with Crippen molar-refractivity contribution in [2.24, 2.45) is 4.99 Å². The Bertz CT molecular complexity index is 812. The summed E-state index contributed by atoms with van der Waals surface area (Å²) in [4.78, 5) is 12.1. The third-order valence-electron chi connectivity index (χ3n) is 5.09. The number of methoxy groups -OCH3 is 2. The first-order chi connectivity index (χ1) is 12.8. The number of fused-ring (bicyclic) bond motifs is 1. The molecule has 0 aliphatic carbocycles. The van der Waals surface area contributed by atoms with Crippen LogP contribution in [0.15, 0.2) is 47.6 Å². The fourth-order valence-electron chi connectivity index (χ4n) is 3.75. The van der Waals surface area contributed by atoms with Gasteiger partial charge in [0.25, 0.3) is 0 Å². The molecule has 0 unspecified atom stereocenters. The molecule has 136 valence electrons. The SMILES string of the molecule is CC[C@@H]1CSC2=N[C@@H](c3ccccn3)[C@@H](c3ccc(OC)cc3OC)N21. The van der Waals surface area contributed by atoms with Gasteiger partial charge in [-0.25, -0.2) is 0 Å². The first-order valence-corrected chi connectivity index (χ1v) is 9.87. The predicted molar refractivity (Wildman–Crippen MR) is 105 cm³/mol. The van der Waals surface area contributed by atoms with Crippen molar-refractivity contribution in [3.8, 4) is 11.5 Å². The van der Waals surface area contributed by atoms with Gasteiger partial charge in [0.1, 0.15) is 17.5 Å². The zero-order chi connectivity index (χ0) is 18.1. The second-order valence-electron chi connectivity index (χ2n) is 6.44. The van der Waals surface area contributed by atoms with Crippen molar-refractivity contribution < 1.29 is 9.47 Å². The van der Waals surface area contributed by atoms with Crippen molar-refractivity contribution in [2.75, 3.05) is 20.0 Å². The van der Waals surface area contributed by atoms with Crippen LogP contribution in [0.1, 0.15) is 36.7 Å². The van der Waals surface area contributed by atoms with E-state index in [9.17, 15) is 0 Å². The van der Waals surface area contributed by atoms with Gasteiger partial charge in [0.15, 0.2) is 5.17 Å². The summed E-state index contributed by atoms with van der Waals surface area (Å²) in [6, 6.07) is 12.6. The molecule has 1 fully saturated rings. The summed E-state index contributed by atoms with van der Waals surface area (Å²) in [7, 11) is 3.38. The van der Waals surface area contributed by atoms with Gasteiger partial charge in [0, 0.05) is 29.6 Å². The molecule has 0 bridgehead atoms. The van der Waals surface area contributed by atoms with Crippen LogP contribution in [-0.4, -0.2) is 41.1 Å². The van der Waals surface area contributed by atoms with E-state index in [1.165, 1.54) is 0 Å². The second kappa shape index (κ2) is 7.19. The predicted octanol–water partition coefficient (Wildman–Crippen LogP) is 4.08. The van der Waals surface area contributed by atoms with E-state index < -0.39 is 0 Å². The van der Waals surface area contributed by atoms with E-state index in [0.717, 1.165) is 40.1 Å². The highest BCUT2D eigenvalue weighted by Gasteiger charge is 2.46. The van der Waals surface area contributed by atoms with Gasteiger partial charge < -0.3 is 14.4 Å². The van der Waals surface area contributed by atoms with Crippen molar-refractivity contribution >= 4 is 16.9 Å². The van der Waals surface area contributed by atoms with Crippen molar-refractivity contribution in [3.05, 3.63) is 53.9 Å². The molecule has 0 spiro atoms. The summed E-state index contributed by atoms with van der Waals surface area (Å²) < 4.78 is 11.1. The van der Waals surface area contributed by atoms with Crippen LogP contribution in [0.25, 0.3) is 0 Å². The minimum absolute atomic E-state index is 0.0321. The third kappa shape index (κ3) is 2.82. The molecule has 2 aromatic rings. The lowest BCUT2D eigenvalue weighted by Crippen LogP contribution is -2.35. The van der Waals surface area contributed by atoms with Gasteiger partial charge in [0.05, 0.1) is 26.0 Å². The van der Waals surface area contributed by atoms with Crippen LogP contribution in [0.3, 0.4) is 0 Å². The molecule has 0 saturated carbocycles. The van der Waals surface area contributed by atoms with Gasteiger partial charge in [-0.2, -0.15) is 0 Å². The Labute approximate surface area is 158 Å². The number of amidine groups is 1. The smallest absolute Gasteiger partial charge is 0.160 e. The van der Waals surface area contributed by atoms with Crippen molar-refractivity contribution in [1.29, 1.82) is 0 Å². The Morgan fingerprint density at radius 2 is 2.08 bits per heavy atom. The molecule has 0 radical (unpaired) electrons. The van der Waals surface area contributed by atoms with Crippen LogP contribution in [0.5, 0.6) is 11.5 Å². The maximum Gasteiger partial charge on any atom is 0.160 e. The van der Waals surface area contributed by atoms with Crippen LogP contribution in [0.4, 0.5) is 0 Å². The first-order valence-electron chi connectivity index (χ1n) is 8.88. The number of hydrogen-bond acceptors (Lipinski definition) is 6. The standard InChI is InChI=1S/C20H23N3O2S/c1-4-13-12-26-20-22-18(16-7-5-6-10-21-16)19(23(13)20)15-9-8-14(24-2)11-17(15)25-3/h5-11,13,18-19H,4,12H2,1-3H3/t13-,18+,19-/m1/s1. The topological polar surface area (TPSA) is 47.0 Å². The summed E-state index contributed by atoms with van der Waals surface area (Å²) in [5.41, 5.74) is 2.12. The van der Waals surface area contributed by atoms with Gasteiger partial charge in [-0.05, 0) is 30.7 Å². The maximum absolute atomic E-state index is 5.72. The lowest BCUT2D eigenvalue weighted by atomic mass is 9.94. The van der Waals surface area contributed by atoms with E-state index in [0.29, 0.717) is 6.04 Å². The van der Waals surface area contributed by atoms with Gasteiger partial charge in [-0.15, -0.1) is 0 Å². The average molecular weight is 369 g/mol. The summed E-state index contributed by atoms with van der Waals surface area (Å²) in [5.74, 6) is 2.71. The number of pyridine rings is 1. The number of aliphatic imine (C=N–C) groups is 1. The van der Waals surface area contributed by atoms with Crippen molar-refractivity contribution in [1.82, 2.24) is 9.88 Å². The maximum atomic E-state index is 5.72. The lowest BCUT2D eigenvalue weighted by molar-refractivity contribution is 0.248. The highest BCUT2D eigenvalue weighted by atomic mass is 32.2. The second-order valence-corrected chi connectivity index (χ2v) is 7.43. The van der Waals surface area contributed by atoms with Crippen LogP contribution in [0.2, 0.25) is 0 Å². The monoisotopic (exact) mass is 369 g/mol. The van der Waals surface area contributed by atoms with Crippen LogP contribution < -0.4 is 9.47 Å². The van der Waals surface area contributed by atoms with Gasteiger partial charge >= 0.3 is 0 Å². The largest absolute Gasteiger partial charge is 0.497 e. The molecule has 3 heterocycles. The molecular formula is C20H23N3O2S. The average Bonchev–Trinajstić information content (AvgIpc) is 3.27. The van der Waals surface area contributed by atoms with E-state index in [1.807, 2.05) is 42.2 Å². The molecule has 0 amide bonds. The Morgan fingerprint density at radius 1 is 1.19 bits per heavy atom. The Hall–Kier alpha value is -2.21. The molecular weight excluding hydrogens is 346 g/mol. The normalized spacial score (nSPS) is 24.3. The number of hydrogen-bond donors (Lipinski definition) is 0. The number of benzene rings is 1. The quantitative estimate of drug-likeness (QED) is 0.795. The van der Waals surface area contributed by atoms with Gasteiger partial charge in [0.2, 0.25) is 0 Å². The number of aromatic nitrogens is 1. The van der Waals surface area contributed by atoms with Crippen LogP contribution in [-0.2, 0) is 0 Å². The highest BCUT2D eigenvalue weighted by molar-refractivity contribution is 8.14. The van der Waals surface area contributed by atoms with Gasteiger partial charge in [-0.3, -0.25) is 9.98 Å². The first kappa shape index (κ1) is 17.2. The number of ether oxygens (including phenoxy) is 2. The minimum Gasteiger partial charge on any atom is -0.497 e. The molecule has 1 aromatic carbocycles. The van der Waals surface area contributed by atoms with Crippen molar-refractivity contribution in [2.45, 2.75) is 31.5 Å². The van der Waals surface area contributed by atoms with Crippen LogP contribution in [0, 0.1) is 0 Å². The lowest BCUT2D eigenvalue weighted by Gasteiger charge is -2.32. The molecule has 26 heavy (non-hydrogen) atoms. The van der Waals surface area contributed by atoms with Crippen LogP contribution >= 0.6 is 11.8 Å². The van der Waals surface area contributed by atoms with Gasteiger partial charge in [-0.1, -0.05) is 24.8 Å². The van der Waals surface area contributed by atoms with E-state index in [-0.39, 0.29) is 12.1 Å². The molecule has 2 aliphatic rings. The zero-order valence-corrected chi connectivity index (χ0v) is 16.1. The fourth-order valence-corrected chi connectivity index (χ4v) is 5.09. The number of nitrogens with zero attached hydrogens (tertiary/aromatic N) is 3. The van der Waals surface area contributed by atoms with Crippen molar-refractivity contribution in [3.63, 3.8) is 0 Å². The Kier molecular flexibility index (Phi) is 4.76. The Morgan fingerprint density at radius 3 is 2.77 bits per heavy atom. The summed E-state index contributed by atoms with van der Waals surface area (Å²) >= 11 is 1.85. The molecule has 6 heteroatoms.